The Hall–Kier alpha value is -0.0800. The van der Waals surface area contributed by atoms with E-state index in [1.165, 1.54) is 32.1 Å². The van der Waals surface area contributed by atoms with Crippen molar-refractivity contribution in [3.8, 4) is 0 Å². The molecule has 0 aromatic carbocycles. The van der Waals surface area contributed by atoms with Gasteiger partial charge in [0, 0.05) is 13.2 Å². The third-order valence-corrected chi connectivity index (χ3v) is 3.82. The maximum Gasteiger partial charge on any atom is 0.0777 e. The highest BCUT2D eigenvalue weighted by atomic mass is 16.5. The minimum atomic E-state index is -0.0436. The number of methoxy groups -OCH3 is 1. The highest BCUT2D eigenvalue weighted by Crippen LogP contribution is 2.32. The van der Waals surface area contributed by atoms with Crippen molar-refractivity contribution in [2.24, 2.45) is 5.92 Å². The van der Waals surface area contributed by atoms with Gasteiger partial charge in [0.15, 0.2) is 0 Å². The normalized spacial score (nSPS) is 21.6. The maximum absolute atomic E-state index is 5.64. The van der Waals surface area contributed by atoms with Gasteiger partial charge in [0.05, 0.1) is 5.60 Å². The van der Waals surface area contributed by atoms with Gasteiger partial charge in [0.1, 0.15) is 0 Å². The second-order valence-corrected chi connectivity index (χ2v) is 5.24. The van der Waals surface area contributed by atoms with E-state index in [4.69, 9.17) is 4.74 Å². The molecule has 1 aliphatic carbocycles. The summed E-state index contributed by atoms with van der Waals surface area (Å²) in [7, 11) is 1.83. The van der Waals surface area contributed by atoms with E-state index >= 15 is 0 Å². The number of nitrogens with one attached hydrogen (secondary N) is 1. The lowest BCUT2D eigenvalue weighted by Crippen LogP contribution is -2.52. The summed E-state index contributed by atoms with van der Waals surface area (Å²) < 4.78 is 5.64. The molecular formula is C13H27NO. The monoisotopic (exact) mass is 213 g/mol. The largest absolute Gasteiger partial charge is 0.377 e. The van der Waals surface area contributed by atoms with Gasteiger partial charge in [-0.25, -0.2) is 0 Å². The molecular weight excluding hydrogens is 186 g/mol. The molecule has 1 N–H and O–H groups in total. The lowest BCUT2D eigenvalue weighted by Gasteiger charge is -2.40. The number of hydrogen-bond donors (Lipinski definition) is 1. The molecule has 2 nitrogen and oxygen atoms in total. The SMILES string of the molecule is CCNC(C1CCCCC1)C(C)(C)OC. The van der Waals surface area contributed by atoms with Gasteiger partial charge in [-0.05, 0) is 39.2 Å². The number of likely N-dealkylation sites (N-methyl/N-ethyl adjacent to an activating group) is 1. The first-order valence-corrected chi connectivity index (χ1v) is 6.40. The summed E-state index contributed by atoms with van der Waals surface area (Å²) in [5.41, 5.74) is -0.0436. The van der Waals surface area contributed by atoms with Crippen molar-refractivity contribution in [2.45, 2.75) is 64.5 Å². The molecule has 1 saturated carbocycles. The summed E-state index contributed by atoms with van der Waals surface area (Å²) in [6, 6.07) is 0.507. The quantitative estimate of drug-likeness (QED) is 0.758. The van der Waals surface area contributed by atoms with Gasteiger partial charge < -0.3 is 10.1 Å². The molecule has 15 heavy (non-hydrogen) atoms. The zero-order chi connectivity index (χ0) is 11.3. The zero-order valence-electron chi connectivity index (χ0n) is 10.8. The van der Waals surface area contributed by atoms with Gasteiger partial charge >= 0.3 is 0 Å². The minimum Gasteiger partial charge on any atom is -0.377 e. The van der Waals surface area contributed by atoms with Gasteiger partial charge in [-0.2, -0.15) is 0 Å². The Morgan fingerprint density at radius 2 is 1.87 bits per heavy atom. The van der Waals surface area contributed by atoms with Crippen LogP contribution in [0.15, 0.2) is 0 Å². The number of ether oxygens (including phenoxy) is 1. The smallest absolute Gasteiger partial charge is 0.0777 e. The van der Waals surface area contributed by atoms with Crippen LogP contribution in [0, 0.1) is 5.92 Å². The molecule has 0 amide bonds. The molecule has 1 unspecified atom stereocenters. The van der Waals surface area contributed by atoms with Gasteiger partial charge in [-0.3, -0.25) is 0 Å². The standard InChI is InChI=1S/C13H27NO/c1-5-14-12(13(2,3)15-4)11-9-7-6-8-10-11/h11-12,14H,5-10H2,1-4H3. The topological polar surface area (TPSA) is 21.3 Å². The molecule has 2 heteroatoms. The van der Waals surface area contributed by atoms with E-state index in [0.717, 1.165) is 12.5 Å². The first kappa shape index (κ1) is 13.0. The Morgan fingerprint density at radius 1 is 1.27 bits per heavy atom. The van der Waals surface area contributed by atoms with Gasteiger partial charge in [-0.15, -0.1) is 0 Å². The van der Waals surface area contributed by atoms with Crippen molar-refractivity contribution in [3.05, 3.63) is 0 Å². The molecule has 0 aliphatic heterocycles. The average molecular weight is 213 g/mol. The molecule has 0 saturated heterocycles. The molecule has 1 atom stereocenters. The van der Waals surface area contributed by atoms with Crippen LogP contribution in [-0.2, 0) is 4.74 Å². The Morgan fingerprint density at radius 3 is 2.33 bits per heavy atom. The van der Waals surface area contributed by atoms with E-state index in [-0.39, 0.29) is 5.60 Å². The Balaban J connectivity index is 2.62. The predicted octanol–water partition coefficient (Wildman–Crippen LogP) is 2.97. The van der Waals surface area contributed by atoms with Crippen LogP contribution in [0.2, 0.25) is 0 Å². The van der Waals surface area contributed by atoms with Crippen molar-refractivity contribution < 1.29 is 4.74 Å². The fraction of sp³-hybridized carbons (Fsp3) is 1.00. The highest BCUT2D eigenvalue weighted by Gasteiger charge is 2.35. The van der Waals surface area contributed by atoms with E-state index in [0.29, 0.717) is 6.04 Å². The van der Waals surface area contributed by atoms with E-state index < -0.39 is 0 Å². The molecule has 0 aromatic heterocycles. The molecule has 0 radical (unpaired) electrons. The van der Waals surface area contributed by atoms with E-state index in [1.54, 1.807) is 0 Å². The summed E-state index contributed by atoms with van der Waals surface area (Å²) in [6.45, 7) is 7.62. The number of hydrogen-bond acceptors (Lipinski definition) is 2. The van der Waals surface area contributed by atoms with Crippen LogP contribution < -0.4 is 5.32 Å². The molecule has 0 aromatic rings. The van der Waals surface area contributed by atoms with Crippen LogP contribution in [0.5, 0.6) is 0 Å². The van der Waals surface area contributed by atoms with Gasteiger partial charge in [0.25, 0.3) is 0 Å². The second-order valence-electron chi connectivity index (χ2n) is 5.24. The van der Waals surface area contributed by atoms with Crippen molar-refractivity contribution in [1.82, 2.24) is 5.32 Å². The van der Waals surface area contributed by atoms with Gasteiger partial charge in [0.2, 0.25) is 0 Å². The summed E-state index contributed by atoms with van der Waals surface area (Å²) in [4.78, 5) is 0. The van der Waals surface area contributed by atoms with Crippen molar-refractivity contribution in [2.75, 3.05) is 13.7 Å². The van der Waals surface area contributed by atoms with Crippen LogP contribution in [0.25, 0.3) is 0 Å². The molecule has 90 valence electrons. The molecule has 0 spiro atoms. The molecule has 1 aliphatic rings. The Kier molecular flexibility index (Phi) is 5.07. The Labute approximate surface area is 94.8 Å². The fourth-order valence-corrected chi connectivity index (χ4v) is 2.79. The van der Waals surface area contributed by atoms with Gasteiger partial charge in [-0.1, -0.05) is 26.2 Å². The lowest BCUT2D eigenvalue weighted by atomic mass is 9.77. The van der Waals surface area contributed by atoms with Crippen LogP contribution >= 0.6 is 0 Å². The van der Waals surface area contributed by atoms with Crippen molar-refractivity contribution in [1.29, 1.82) is 0 Å². The van der Waals surface area contributed by atoms with E-state index in [9.17, 15) is 0 Å². The van der Waals surface area contributed by atoms with E-state index in [2.05, 4.69) is 26.1 Å². The number of rotatable bonds is 5. The molecule has 1 rings (SSSR count). The second kappa shape index (κ2) is 5.86. The summed E-state index contributed by atoms with van der Waals surface area (Å²) >= 11 is 0. The zero-order valence-corrected chi connectivity index (χ0v) is 10.8. The predicted molar refractivity (Wildman–Crippen MR) is 65.1 cm³/mol. The third-order valence-electron chi connectivity index (χ3n) is 3.82. The van der Waals surface area contributed by atoms with Crippen LogP contribution in [0.3, 0.4) is 0 Å². The molecule has 1 fully saturated rings. The van der Waals surface area contributed by atoms with E-state index in [1.807, 2.05) is 7.11 Å². The lowest BCUT2D eigenvalue weighted by molar-refractivity contribution is -0.0324. The van der Waals surface area contributed by atoms with Crippen LogP contribution in [0.4, 0.5) is 0 Å². The van der Waals surface area contributed by atoms with Crippen molar-refractivity contribution >= 4 is 0 Å². The van der Waals surface area contributed by atoms with Crippen LogP contribution in [-0.4, -0.2) is 25.3 Å². The maximum atomic E-state index is 5.64. The molecule has 0 bridgehead atoms. The summed E-state index contributed by atoms with van der Waals surface area (Å²) in [6.07, 6.45) is 6.94. The summed E-state index contributed by atoms with van der Waals surface area (Å²) in [5, 5.41) is 3.62. The average Bonchev–Trinajstić information content (AvgIpc) is 2.27. The minimum absolute atomic E-state index is 0.0436. The highest BCUT2D eigenvalue weighted by molar-refractivity contribution is 4.91. The first-order valence-electron chi connectivity index (χ1n) is 6.40. The summed E-state index contributed by atoms with van der Waals surface area (Å²) in [5.74, 6) is 0.800. The first-order chi connectivity index (χ1) is 7.11. The fourth-order valence-electron chi connectivity index (χ4n) is 2.79. The van der Waals surface area contributed by atoms with Crippen molar-refractivity contribution in [3.63, 3.8) is 0 Å². The third kappa shape index (κ3) is 3.46. The molecule has 0 heterocycles. The Bertz CT molecular complexity index is 173. The van der Waals surface area contributed by atoms with Crippen LogP contribution in [0.1, 0.15) is 52.9 Å².